The summed E-state index contributed by atoms with van der Waals surface area (Å²) in [4.78, 5) is 0. The largest absolute Gasteiger partial charge is 0.212 e. The molecule has 118 valence electrons. The molecular weight excluding hydrogens is 350 g/mol. The second-order valence-electron chi connectivity index (χ2n) is 6.22. The zero-order valence-electron chi connectivity index (χ0n) is 12.5. The van der Waals surface area contributed by atoms with E-state index in [1.807, 2.05) is 37.3 Å². The highest BCUT2D eigenvalue weighted by molar-refractivity contribution is 9.09. The molecule has 0 aliphatic heterocycles. The molecule has 0 spiro atoms. The van der Waals surface area contributed by atoms with Crippen molar-refractivity contribution in [3.63, 3.8) is 0 Å². The molecule has 1 N–H and O–H groups in total. The maximum absolute atomic E-state index is 12.5. The van der Waals surface area contributed by atoms with Crippen molar-refractivity contribution in [2.24, 2.45) is 5.92 Å². The second-order valence-corrected chi connectivity index (χ2v) is 8.55. The molecule has 0 saturated heterocycles. The monoisotopic (exact) mass is 373 g/mol. The zero-order valence-corrected chi connectivity index (χ0v) is 14.9. The van der Waals surface area contributed by atoms with E-state index in [0.29, 0.717) is 11.2 Å². The highest BCUT2D eigenvalue weighted by Crippen LogP contribution is 2.27. The first-order valence-corrected chi connectivity index (χ1v) is 10.4. The van der Waals surface area contributed by atoms with Crippen LogP contribution >= 0.6 is 15.9 Å². The molecule has 1 atom stereocenters. The smallest absolute Gasteiger partial charge is 0.212 e. The molecule has 0 aromatic heterocycles. The van der Waals surface area contributed by atoms with Crippen LogP contribution in [0.2, 0.25) is 0 Å². The molecule has 1 aliphatic rings. The fourth-order valence-corrected chi connectivity index (χ4v) is 5.58. The van der Waals surface area contributed by atoms with Gasteiger partial charge in [0.05, 0.1) is 11.3 Å². The average molecular weight is 374 g/mol. The zero-order chi connectivity index (χ0) is 15.3. The number of hydrogen-bond acceptors (Lipinski definition) is 2. The topological polar surface area (TPSA) is 46.2 Å². The number of rotatable bonds is 6. The lowest BCUT2D eigenvalue weighted by Crippen LogP contribution is -2.46. The Hall–Kier alpha value is -0.390. The van der Waals surface area contributed by atoms with Gasteiger partial charge < -0.3 is 0 Å². The lowest BCUT2D eigenvalue weighted by molar-refractivity contribution is 0.380. The molecule has 1 aromatic carbocycles. The summed E-state index contributed by atoms with van der Waals surface area (Å²) >= 11 is 3.46. The first-order valence-electron chi connectivity index (χ1n) is 7.58. The fourth-order valence-electron chi connectivity index (χ4n) is 3.02. The van der Waals surface area contributed by atoms with Crippen LogP contribution in [0.15, 0.2) is 30.3 Å². The molecule has 5 heteroatoms. The van der Waals surface area contributed by atoms with Crippen molar-refractivity contribution in [2.45, 2.75) is 44.6 Å². The summed E-state index contributed by atoms with van der Waals surface area (Å²) in [7, 11) is -3.28. The van der Waals surface area contributed by atoms with Crippen molar-refractivity contribution < 1.29 is 8.42 Å². The van der Waals surface area contributed by atoms with Gasteiger partial charge >= 0.3 is 0 Å². The van der Waals surface area contributed by atoms with Gasteiger partial charge in [0.25, 0.3) is 0 Å². The highest BCUT2D eigenvalue weighted by atomic mass is 79.9. The number of nitrogens with one attached hydrogen (secondary N) is 1. The maximum atomic E-state index is 12.5. The van der Waals surface area contributed by atoms with Crippen molar-refractivity contribution >= 4 is 26.0 Å². The molecule has 1 saturated carbocycles. The molecule has 1 unspecified atom stereocenters. The molecule has 1 fully saturated rings. The van der Waals surface area contributed by atoms with Crippen LogP contribution < -0.4 is 4.72 Å². The summed E-state index contributed by atoms with van der Waals surface area (Å²) in [5.74, 6) is 0.564. The van der Waals surface area contributed by atoms with Crippen molar-refractivity contribution in [3.8, 4) is 0 Å². The van der Waals surface area contributed by atoms with E-state index < -0.39 is 15.6 Å². The van der Waals surface area contributed by atoms with E-state index in [-0.39, 0.29) is 5.75 Å². The summed E-state index contributed by atoms with van der Waals surface area (Å²) in [6.07, 6.45) is 5.64. The summed E-state index contributed by atoms with van der Waals surface area (Å²) in [6, 6.07) is 9.74. The molecule has 0 amide bonds. The van der Waals surface area contributed by atoms with Gasteiger partial charge in [0.1, 0.15) is 0 Å². The molecular formula is C16H24BrNO2S. The van der Waals surface area contributed by atoms with Gasteiger partial charge in [-0.05, 0) is 31.2 Å². The van der Waals surface area contributed by atoms with E-state index >= 15 is 0 Å². The average Bonchev–Trinajstić information content (AvgIpc) is 2.48. The first-order chi connectivity index (χ1) is 9.95. The van der Waals surface area contributed by atoms with Gasteiger partial charge in [-0.2, -0.15) is 0 Å². The Morgan fingerprint density at radius 3 is 2.38 bits per heavy atom. The highest BCUT2D eigenvalue weighted by Gasteiger charge is 2.32. The predicted octanol–water partition coefficient (Wildman–Crippen LogP) is 3.80. The Balaban J connectivity index is 2.09. The third kappa shape index (κ3) is 4.80. The second kappa shape index (κ2) is 7.25. The number of sulfonamides is 1. The molecule has 1 aromatic rings. The Labute approximate surface area is 136 Å². The molecule has 0 radical (unpaired) electrons. The predicted molar refractivity (Wildman–Crippen MR) is 91.1 cm³/mol. The van der Waals surface area contributed by atoms with E-state index in [9.17, 15) is 8.42 Å². The van der Waals surface area contributed by atoms with Crippen LogP contribution in [0, 0.1) is 5.92 Å². The van der Waals surface area contributed by atoms with E-state index in [4.69, 9.17) is 0 Å². The molecule has 3 nitrogen and oxygen atoms in total. The van der Waals surface area contributed by atoms with Crippen LogP contribution in [0.5, 0.6) is 0 Å². The number of alkyl halides is 1. The molecule has 1 aliphatic carbocycles. The summed E-state index contributed by atoms with van der Waals surface area (Å²) in [5, 5.41) is 0.550. The number of hydrogen-bond donors (Lipinski definition) is 1. The minimum atomic E-state index is -3.28. The Bertz CT molecular complexity index is 541. The third-order valence-electron chi connectivity index (χ3n) is 4.24. The fraction of sp³-hybridized carbons (Fsp3) is 0.625. The number of benzene rings is 1. The Morgan fingerprint density at radius 1 is 1.19 bits per heavy atom. The van der Waals surface area contributed by atoms with E-state index in [0.717, 1.165) is 31.2 Å². The maximum Gasteiger partial charge on any atom is 0.212 e. The lowest BCUT2D eigenvalue weighted by atomic mass is 9.91. The Morgan fingerprint density at radius 2 is 1.81 bits per heavy atom. The molecule has 21 heavy (non-hydrogen) atoms. The van der Waals surface area contributed by atoms with Crippen molar-refractivity contribution in [1.29, 1.82) is 0 Å². The van der Waals surface area contributed by atoms with Crippen LogP contribution in [0.1, 0.15) is 44.6 Å². The van der Waals surface area contributed by atoms with E-state index in [1.54, 1.807) is 0 Å². The van der Waals surface area contributed by atoms with E-state index in [1.165, 1.54) is 6.42 Å². The van der Waals surface area contributed by atoms with Gasteiger partial charge in [-0.15, -0.1) is 0 Å². The minimum absolute atomic E-state index is 0.252. The normalized spacial score (nSPS) is 20.1. The molecule has 2 rings (SSSR count). The van der Waals surface area contributed by atoms with Crippen molar-refractivity contribution in [3.05, 3.63) is 35.9 Å². The third-order valence-corrected chi connectivity index (χ3v) is 7.03. The van der Waals surface area contributed by atoms with Gasteiger partial charge in [0.2, 0.25) is 10.0 Å². The molecule has 0 heterocycles. The van der Waals surface area contributed by atoms with Crippen molar-refractivity contribution in [2.75, 3.05) is 11.1 Å². The summed E-state index contributed by atoms with van der Waals surface area (Å²) in [6.45, 7) is 1.93. The molecule has 0 bridgehead atoms. The van der Waals surface area contributed by atoms with Gasteiger partial charge in [-0.3, -0.25) is 0 Å². The van der Waals surface area contributed by atoms with Gasteiger partial charge in [-0.25, -0.2) is 13.1 Å². The summed E-state index contributed by atoms with van der Waals surface area (Å²) in [5.41, 5.74) is 0.378. The summed E-state index contributed by atoms with van der Waals surface area (Å²) < 4.78 is 27.9. The standard InChI is InChI=1S/C16H24BrNO2S/c1-16(13-17,15-10-6-3-7-11-15)18-21(19,20)12-14-8-4-2-5-9-14/h3,6-7,10-11,14,18H,2,4-5,8-9,12-13H2,1H3. The van der Waals surface area contributed by atoms with Crippen LogP contribution in [-0.4, -0.2) is 19.5 Å². The lowest BCUT2D eigenvalue weighted by Gasteiger charge is -2.30. The van der Waals surface area contributed by atoms with Crippen molar-refractivity contribution in [1.82, 2.24) is 4.72 Å². The Kier molecular flexibility index (Phi) is 5.86. The van der Waals surface area contributed by atoms with Gasteiger partial charge in [-0.1, -0.05) is 65.5 Å². The van der Waals surface area contributed by atoms with Crippen LogP contribution in [0.25, 0.3) is 0 Å². The van der Waals surface area contributed by atoms with Crippen LogP contribution in [-0.2, 0) is 15.6 Å². The first kappa shape index (κ1) is 17.0. The van der Waals surface area contributed by atoms with Crippen LogP contribution in [0.4, 0.5) is 0 Å². The quantitative estimate of drug-likeness (QED) is 0.770. The minimum Gasteiger partial charge on any atom is -0.212 e. The van der Waals surface area contributed by atoms with E-state index in [2.05, 4.69) is 20.7 Å². The number of halogens is 1. The van der Waals surface area contributed by atoms with Gasteiger partial charge in [0, 0.05) is 5.33 Å². The van der Waals surface area contributed by atoms with Crippen LogP contribution in [0.3, 0.4) is 0 Å². The van der Waals surface area contributed by atoms with Gasteiger partial charge in [0.15, 0.2) is 0 Å². The SMILES string of the molecule is CC(CBr)(NS(=O)(=O)CC1CCCCC1)c1ccccc1.